The normalized spacial score (nSPS) is 13.0. The van der Waals surface area contributed by atoms with Crippen LogP contribution in [0.2, 0.25) is 0 Å². The Labute approximate surface area is 127 Å². The molecule has 0 radical (unpaired) electrons. The fourth-order valence-corrected chi connectivity index (χ4v) is 2.29. The molecular weight excluding hydrogens is 351 g/mol. The first-order chi connectivity index (χ1) is 9.85. The molecule has 0 spiro atoms. The van der Waals surface area contributed by atoms with E-state index in [0.29, 0.717) is 5.56 Å². The van der Waals surface area contributed by atoms with E-state index in [1.165, 1.54) is 18.2 Å². The number of hydrogen-bond donors (Lipinski definition) is 1. The maximum Gasteiger partial charge on any atom is 0.573 e. The Balaban J connectivity index is 2.21. The quantitative estimate of drug-likeness (QED) is 0.894. The summed E-state index contributed by atoms with van der Waals surface area (Å²) >= 11 is 3.24. The van der Waals surface area contributed by atoms with Crippen molar-refractivity contribution in [2.75, 3.05) is 0 Å². The molecule has 7 heteroatoms. The number of alkyl halides is 3. The highest BCUT2D eigenvalue weighted by atomic mass is 79.9. The zero-order valence-electron chi connectivity index (χ0n) is 10.6. The topological polar surface area (TPSA) is 42.4 Å². The lowest BCUT2D eigenvalue weighted by Crippen LogP contribution is -2.19. The molecule has 1 heterocycles. The SMILES string of the molecule is OC(Cc1cncc(Br)c1)c1ccccc1OC(F)(F)F. The highest BCUT2D eigenvalue weighted by molar-refractivity contribution is 9.10. The average Bonchev–Trinajstić information content (AvgIpc) is 2.37. The first-order valence-electron chi connectivity index (χ1n) is 5.97. The van der Waals surface area contributed by atoms with Crippen LogP contribution in [-0.4, -0.2) is 16.5 Å². The van der Waals surface area contributed by atoms with E-state index >= 15 is 0 Å². The van der Waals surface area contributed by atoms with Gasteiger partial charge < -0.3 is 9.84 Å². The number of benzene rings is 1. The van der Waals surface area contributed by atoms with Gasteiger partial charge in [-0.3, -0.25) is 4.98 Å². The molecule has 3 nitrogen and oxygen atoms in total. The van der Waals surface area contributed by atoms with Crippen LogP contribution in [0.25, 0.3) is 0 Å². The Morgan fingerprint density at radius 2 is 1.95 bits per heavy atom. The predicted octanol–water partition coefficient (Wildman–Crippen LogP) is 4.02. The van der Waals surface area contributed by atoms with E-state index < -0.39 is 18.2 Å². The van der Waals surface area contributed by atoms with Crippen LogP contribution in [0.1, 0.15) is 17.2 Å². The number of ether oxygens (including phenoxy) is 1. The van der Waals surface area contributed by atoms with E-state index in [1.54, 1.807) is 24.5 Å². The molecule has 112 valence electrons. The van der Waals surface area contributed by atoms with Gasteiger partial charge in [-0.15, -0.1) is 13.2 Å². The molecule has 0 aliphatic heterocycles. The lowest BCUT2D eigenvalue weighted by molar-refractivity contribution is -0.275. The minimum atomic E-state index is -4.80. The molecule has 1 unspecified atom stereocenters. The maximum atomic E-state index is 12.3. The van der Waals surface area contributed by atoms with Gasteiger partial charge in [-0.1, -0.05) is 18.2 Å². The van der Waals surface area contributed by atoms with Crippen LogP contribution in [0, 0.1) is 0 Å². The highest BCUT2D eigenvalue weighted by Gasteiger charge is 2.32. The van der Waals surface area contributed by atoms with Gasteiger partial charge in [-0.05, 0) is 33.6 Å². The molecule has 0 bridgehead atoms. The van der Waals surface area contributed by atoms with E-state index in [-0.39, 0.29) is 12.0 Å². The number of halogens is 4. The molecule has 0 aliphatic rings. The molecule has 1 aromatic heterocycles. The number of aliphatic hydroxyl groups is 1. The number of nitrogens with zero attached hydrogens (tertiary/aromatic N) is 1. The number of pyridine rings is 1. The Bertz CT molecular complexity index is 619. The number of hydrogen-bond acceptors (Lipinski definition) is 3. The van der Waals surface area contributed by atoms with Crippen LogP contribution >= 0.6 is 15.9 Å². The Kier molecular flexibility index (Phi) is 4.84. The Morgan fingerprint density at radius 1 is 1.24 bits per heavy atom. The summed E-state index contributed by atoms with van der Waals surface area (Å²) in [4.78, 5) is 3.94. The van der Waals surface area contributed by atoms with Gasteiger partial charge in [0.05, 0.1) is 6.10 Å². The largest absolute Gasteiger partial charge is 0.573 e. The zero-order chi connectivity index (χ0) is 15.5. The Hall–Kier alpha value is -1.60. The fraction of sp³-hybridized carbons (Fsp3) is 0.214. The van der Waals surface area contributed by atoms with Crippen molar-refractivity contribution < 1.29 is 23.0 Å². The monoisotopic (exact) mass is 361 g/mol. The van der Waals surface area contributed by atoms with Gasteiger partial charge in [0.2, 0.25) is 0 Å². The molecule has 2 aromatic rings. The van der Waals surface area contributed by atoms with Gasteiger partial charge in [0.1, 0.15) is 5.75 Å². The molecule has 0 saturated heterocycles. The van der Waals surface area contributed by atoms with Crippen molar-refractivity contribution in [1.29, 1.82) is 0 Å². The van der Waals surface area contributed by atoms with E-state index in [0.717, 1.165) is 4.47 Å². The molecule has 0 aliphatic carbocycles. The summed E-state index contributed by atoms with van der Waals surface area (Å²) in [7, 11) is 0. The van der Waals surface area contributed by atoms with Gasteiger partial charge in [0.15, 0.2) is 0 Å². The predicted molar refractivity (Wildman–Crippen MR) is 73.7 cm³/mol. The molecule has 1 aromatic carbocycles. The van der Waals surface area contributed by atoms with Gasteiger partial charge in [0, 0.05) is 28.9 Å². The van der Waals surface area contributed by atoms with E-state index in [2.05, 4.69) is 25.7 Å². The van der Waals surface area contributed by atoms with Crippen molar-refractivity contribution in [2.45, 2.75) is 18.9 Å². The summed E-state index contributed by atoms with van der Waals surface area (Å²) in [5, 5.41) is 10.2. The second kappa shape index (κ2) is 6.44. The summed E-state index contributed by atoms with van der Waals surface area (Å²) in [5.41, 5.74) is 0.772. The minimum Gasteiger partial charge on any atom is -0.405 e. The molecule has 2 rings (SSSR count). The minimum absolute atomic E-state index is 0.0785. The summed E-state index contributed by atoms with van der Waals surface area (Å²) < 4.78 is 41.7. The fourth-order valence-electron chi connectivity index (χ4n) is 1.87. The summed E-state index contributed by atoms with van der Waals surface area (Å²) in [5.74, 6) is -0.402. The van der Waals surface area contributed by atoms with Crippen molar-refractivity contribution >= 4 is 15.9 Å². The lowest BCUT2D eigenvalue weighted by atomic mass is 10.0. The summed E-state index contributed by atoms with van der Waals surface area (Å²) in [6.45, 7) is 0. The lowest BCUT2D eigenvalue weighted by Gasteiger charge is -2.17. The molecule has 1 atom stereocenters. The van der Waals surface area contributed by atoms with E-state index in [1.807, 2.05) is 0 Å². The molecule has 0 saturated carbocycles. The number of rotatable bonds is 4. The number of para-hydroxylation sites is 1. The van der Waals surface area contributed by atoms with Crippen LogP contribution in [0.3, 0.4) is 0 Å². The van der Waals surface area contributed by atoms with E-state index in [9.17, 15) is 18.3 Å². The smallest absolute Gasteiger partial charge is 0.405 e. The Morgan fingerprint density at radius 3 is 2.62 bits per heavy atom. The third-order valence-electron chi connectivity index (χ3n) is 2.69. The standard InChI is InChI=1S/C14H11BrF3NO2/c15-10-5-9(7-19-8-10)6-12(20)11-3-1-2-4-13(11)21-14(16,17)18/h1-5,7-8,12,20H,6H2. The summed E-state index contributed by atoms with van der Waals surface area (Å²) in [6, 6.07) is 7.27. The van der Waals surface area contributed by atoms with Crippen LogP contribution < -0.4 is 4.74 Å². The summed E-state index contributed by atoms with van der Waals surface area (Å²) in [6.07, 6.45) is -2.67. The second-order valence-corrected chi connectivity index (χ2v) is 5.23. The highest BCUT2D eigenvalue weighted by Crippen LogP contribution is 2.31. The number of aliphatic hydroxyl groups excluding tert-OH is 1. The van der Waals surface area contributed by atoms with Gasteiger partial charge >= 0.3 is 6.36 Å². The van der Waals surface area contributed by atoms with Crippen molar-refractivity contribution in [3.63, 3.8) is 0 Å². The third-order valence-corrected chi connectivity index (χ3v) is 3.13. The van der Waals surface area contributed by atoms with Crippen molar-refractivity contribution in [1.82, 2.24) is 4.98 Å². The molecule has 21 heavy (non-hydrogen) atoms. The van der Waals surface area contributed by atoms with Crippen molar-refractivity contribution in [2.24, 2.45) is 0 Å². The second-order valence-electron chi connectivity index (χ2n) is 4.32. The number of aromatic nitrogens is 1. The molecule has 1 N–H and O–H groups in total. The van der Waals surface area contributed by atoms with Crippen LogP contribution in [-0.2, 0) is 6.42 Å². The maximum absolute atomic E-state index is 12.3. The van der Waals surface area contributed by atoms with Crippen molar-refractivity contribution in [3.05, 3.63) is 58.3 Å². The molecule has 0 fully saturated rings. The van der Waals surface area contributed by atoms with Crippen LogP contribution in [0.4, 0.5) is 13.2 Å². The first-order valence-corrected chi connectivity index (χ1v) is 6.76. The molecule has 0 amide bonds. The van der Waals surface area contributed by atoms with Crippen LogP contribution in [0.15, 0.2) is 47.2 Å². The average molecular weight is 362 g/mol. The molecular formula is C14H11BrF3NO2. The van der Waals surface area contributed by atoms with Crippen molar-refractivity contribution in [3.8, 4) is 5.75 Å². The third kappa shape index (κ3) is 4.71. The first kappa shape index (κ1) is 15.8. The van der Waals surface area contributed by atoms with E-state index in [4.69, 9.17) is 0 Å². The zero-order valence-corrected chi connectivity index (χ0v) is 12.2. The van der Waals surface area contributed by atoms with Gasteiger partial charge in [-0.2, -0.15) is 0 Å². The van der Waals surface area contributed by atoms with Gasteiger partial charge in [0.25, 0.3) is 0 Å². The van der Waals surface area contributed by atoms with Crippen LogP contribution in [0.5, 0.6) is 5.75 Å². The van der Waals surface area contributed by atoms with Gasteiger partial charge in [-0.25, -0.2) is 0 Å².